The molecular formula is C24H28ClNO2. The summed E-state index contributed by atoms with van der Waals surface area (Å²) in [4.78, 5) is 12.7. The minimum atomic E-state index is -0.0750. The molecule has 148 valence electrons. The third-order valence-electron chi connectivity index (χ3n) is 6.31. The Morgan fingerprint density at radius 1 is 1.00 bits per heavy atom. The predicted molar refractivity (Wildman–Crippen MR) is 113 cm³/mol. The predicted octanol–water partition coefficient (Wildman–Crippen LogP) is 4.63. The highest BCUT2D eigenvalue weighted by molar-refractivity contribution is 6.30. The molecule has 4 heteroatoms. The average molecular weight is 398 g/mol. The van der Waals surface area contributed by atoms with Crippen LogP contribution in [0.5, 0.6) is 0 Å². The van der Waals surface area contributed by atoms with Gasteiger partial charge in [0.05, 0.1) is 6.42 Å². The monoisotopic (exact) mass is 397 g/mol. The van der Waals surface area contributed by atoms with Gasteiger partial charge < -0.3 is 10.1 Å². The smallest absolute Gasteiger partial charge is 0.224 e. The van der Waals surface area contributed by atoms with E-state index in [0.717, 1.165) is 43.1 Å². The molecule has 0 aromatic heterocycles. The van der Waals surface area contributed by atoms with E-state index in [1.54, 1.807) is 0 Å². The van der Waals surface area contributed by atoms with Crippen molar-refractivity contribution in [2.45, 2.75) is 50.4 Å². The van der Waals surface area contributed by atoms with Gasteiger partial charge in [0.15, 0.2) is 0 Å². The third kappa shape index (κ3) is 4.42. The minimum absolute atomic E-state index is 0.0750. The molecule has 2 aromatic carbocycles. The molecule has 0 bridgehead atoms. The molecule has 2 aromatic rings. The average Bonchev–Trinajstić information content (AvgIpc) is 2.73. The molecule has 1 amide bonds. The molecule has 28 heavy (non-hydrogen) atoms. The van der Waals surface area contributed by atoms with E-state index in [1.807, 2.05) is 12.1 Å². The van der Waals surface area contributed by atoms with Crippen molar-refractivity contribution in [2.24, 2.45) is 0 Å². The van der Waals surface area contributed by atoms with Crippen molar-refractivity contribution in [2.75, 3.05) is 19.8 Å². The second-order valence-electron chi connectivity index (χ2n) is 8.16. The summed E-state index contributed by atoms with van der Waals surface area (Å²) in [5.41, 5.74) is 5.16. The first kappa shape index (κ1) is 19.5. The van der Waals surface area contributed by atoms with E-state index >= 15 is 0 Å². The number of hydrogen-bond donors (Lipinski definition) is 1. The lowest BCUT2D eigenvalue weighted by atomic mass is 9.74. The van der Waals surface area contributed by atoms with E-state index in [0.29, 0.717) is 13.0 Å². The maximum Gasteiger partial charge on any atom is 0.224 e. The van der Waals surface area contributed by atoms with E-state index in [4.69, 9.17) is 16.3 Å². The molecule has 1 N–H and O–H groups in total. The second kappa shape index (κ2) is 8.67. The van der Waals surface area contributed by atoms with Gasteiger partial charge in [0, 0.05) is 30.2 Å². The van der Waals surface area contributed by atoms with Crippen molar-refractivity contribution in [3.8, 4) is 0 Å². The highest BCUT2D eigenvalue weighted by atomic mass is 35.5. The first-order valence-corrected chi connectivity index (χ1v) is 10.7. The van der Waals surface area contributed by atoms with Crippen LogP contribution in [-0.4, -0.2) is 25.7 Å². The summed E-state index contributed by atoms with van der Waals surface area (Å²) in [6.07, 6.45) is 7.12. The van der Waals surface area contributed by atoms with Crippen LogP contribution in [0.2, 0.25) is 5.02 Å². The van der Waals surface area contributed by atoms with Crippen LogP contribution in [0, 0.1) is 0 Å². The molecular weight excluding hydrogens is 370 g/mol. The zero-order valence-electron chi connectivity index (χ0n) is 16.3. The van der Waals surface area contributed by atoms with Crippen molar-refractivity contribution in [3.05, 3.63) is 69.7 Å². The van der Waals surface area contributed by atoms with Gasteiger partial charge in [-0.3, -0.25) is 4.79 Å². The quantitative estimate of drug-likeness (QED) is 0.799. The van der Waals surface area contributed by atoms with Crippen molar-refractivity contribution in [1.82, 2.24) is 5.32 Å². The van der Waals surface area contributed by atoms with Gasteiger partial charge in [-0.1, -0.05) is 41.9 Å². The lowest BCUT2D eigenvalue weighted by Crippen LogP contribution is -2.45. The Morgan fingerprint density at radius 2 is 1.71 bits per heavy atom. The summed E-state index contributed by atoms with van der Waals surface area (Å²) in [6, 6.07) is 14.6. The van der Waals surface area contributed by atoms with Crippen LogP contribution in [0.4, 0.5) is 0 Å². The SMILES string of the molecule is O=C(Cc1ccc2c(c1)CCCC2)NCC1(c2ccc(Cl)cc2)CCOCC1. The molecule has 1 aliphatic heterocycles. The molecule has 1 aliphatic carbocycles. The number of nitrogens with one attached hydrogen (secondary N) is 1. The van der Waals surface area contributed by atoms with Gasteiger partial charge >= 0.3 is 0 Å². The van der Waals surface area contributed by atoms with Crippen LogP contribution in [0.3, 0.4) is 0 Å². The Bertz CT molecular complexity index is 825. The number of ether oxygens (including phenoxy) is 1. The molecule has 0 saturated carbocycles. The van der Waals surface area contributed by atoms with Gasteiger partial charge in [-0.05, 0) is 72.9 Å². The van der Waals surface area contributed by atoms with E-state index in [-0.39, 0.29) is 11.3 Å². The fraction of sp³-hybridized carbons (Fsp3) is 0.458. The van der Waals surface area contributed by atoms with Crippen LogP contribution in [0.15, 0.2) is 42.5 Å². The third-order valence-corrected chi connectivity index (χ3v) is 6.56. The summed E-state index contributed by atoms with van der Waals surface area (Å²) in [6.45, 7) is 2.09. The van der Waals surface area contributed by atoms with E-state index in [2.05, 4.69) is 35.6 Å². The normalized spacial score (nSPS) is 18.3. The number of benzene rings is 2. The topological polar surface area (TPSA) is 38.3 Å². The summed E-state index contributed by atoms with van der Waals surface area (Å²) >= 11 is 6.07. The Labute approximate surface area is 172 Å². The molecule has 3 nitrogen and oxygen atoms in total. The maximum atomic E-state index is 12.7. The van der Waals surface area contributed by atoms with Gasteiger partial charge in [-0.2, -0.15) is 0 Å². The zero-order valence-corrected chi connectivity index (χ0v) is 17.1. The number of carbonyl (C=O) groups is 1. The number of hydrogen-bond acceptors (Lipinski definition) is 2. The standard InChI is InChI=1S/C24H28ClNO2/c25-22-9-7-21(8-10-22)24(11-13-28-14-12-24)17-26-23(27)16-18-5-6-19-3-1-2-4-20(19)15-18/h5-10,15H,1-4,11-14,16-17H2,(H,26,27). The van der Waals surface area contributed by atoms with Gasteiger partial charge in [0.2, 0.25) is 5.91 Å². The van der Waals surface area contributed by atoms with E-state index < -0.39 is 0 Å². The van der Waals surface area contributed by atoms with Crippen molar-refractivity contribution < 1.29 is 9.53 Å². The molecule has 2 aliphatic rings. The lowest BCUT2D eigenvalue weighted by molar-refractivity contribution is -0.120. The minimum Gasteiger partial charge on any atom is -0.381 e. The Hall–Kier alpha value is -1.84. The Kier molecular flexibility index (Phi) is 6.03. The first-order valence-electron chi connectivity index (χ1n) is 10.4. The number of amides is 1. The van der Waals surface area contributed by atoms with Crippen LogP contribution in [0.1, 0.15) is 47.9 Å². The summed E-state index contributed by atoms with van der Waals surface area (Å²) in [5, 5.41) is 3.95. The molecule has 4 rings (SSSR count). The molecule has 0 radical (unpaired) electrons. The zero-order chi connectivity index (χ0) is 19.4. The number of rotatable bonds is 5. The number of aryl methyl sites for hydroxylation is 2. The van der Waals surface area contributed by atoms with Crippen molar-refractivity contribution >= 4 is 17.5 Å². The van der Waals surface area contributed by atoms with Crippen molar-refractivity contribution in [3.63, 3.8) is 0 Å². The van der Waals surface area contributed by atoms with E-state index in [9.17, 15) is 4.79 Å². The number of carbonyl (C=O) groups excluding carboxylic acids is 1. The van der Waals surface area contributed by atoms with E-state index in [1.165, 1.54) is 36.0 Å². The fourth-order valence-corrected chi connectivity index (χ4v) is 4.67. The largest absolute Gasteiger partial charge is 0.381 e. The van der Waals surface area contributed by atoms with Crippen LogP contribution >= 0.6 is 11.6 Å². The highest BCUT2D eigenvalue weighted by Gasteiger charge is 2.34. The van der Waals surface area contributed by atoms with Crippen molar-refractivity contribution in [1.29, 1.82) is 0 Å². The Morgan fingerprint density at radius 3 is 2.46 bits per heavy atom. The summed E-state index contributed by atoms with van der Waals surface area (Å²) in [7, 11) is 0. The van der Waals surface area contributed by atoms with Gasteiger partial charge in [-0.15, -0.1) is 0 Å². The van der Waals surface area contributed by atoms with Crippen LogP contribution in [0.25, 0.3) is 0 Å². The highest BCUT2D eigenvalue weighted by Crippen LogP contribution is 2.35. The van der Waals surface area contributed by atoms with Gasteiger partial charge in [-0.25, -0.2) is 0 Å². The molecule has 1 saturated heterocycles. The molecule has 0 spiro atoms. The first-order chi connectivity index (χ1) is 13.6. The lowest BCUT2D eigenvalue weighted by Gasteiger charge is -2.38. The fourth-order valence-electron chi connectivity index (χ4n) is 4.55. The summed E-state index contributed by atoms with van der Waals surface area (Å²) < 4.78 is 5.59. The van der Waals surface area contributed by atoms with Gasteiger partial charge in [0.1, 0.15) is 0 Å². The molecule has 0 atom stereocenters. The number of fused-ring (bicyclic) bond motifs is 1. The van der Waals surface area contributed by atoms with Crippen LogP contribution < -0.4 is 5.32 Å². The maximum absolute atomic E-state index is 12.7. The molecule has 1 fully saturated rings. The molecule has 0 unspecified atom stereocenters. The summed E-state index contributed by atoms with van der Waals surface area (Å²) in [5.74, 6) is 0.0931. The van der Waals surface area contributed by atoms with Gasteiger partial charge in [0.25, 0.3) is 0 Å². The second-order valence-corrected chi connectivity index (χ2v) is 8.60. The number of halogens is 1. The molecule has 1 heterocycles. The Balaban J connectivity index is 1.42. The van der Waals surface area contributed by atoms with Crippen LogP contribution in [-0.2, 0) is 34.2 Å².